The summed E-state index contributed by atoms with van der Waals surface area (Å²) in [5, 5.41) is 3.04. The van der Waals surface area contributed by atoms with Gasteiger partial charge in [-0.05, 0) is 30.9 Å². The molecular weight excluding hydrogens is 300 g/mol. The summed E-state index contributed by atoms with van der Waals surface area (Å²) in [6, 6.07) is 8.29. The zero-order chi connectivity index (χ0) is 15.5. The van der Waals surface area contributed by atoms with Gasteiger partial charge in [0.15, 0.2) is 0 Å². The second kappa shape index (κ2) is 7.44. The smallest absolute Gasteiger partial charge is 0.240 e. The number of benzene rings is 1. The maximum absolute atomic E-state index is 12.4. The van der Waals surface area contributed by atoms with Crippen LogP contribution in [0.1, 0.15) is 37.8 Å². The molecule has 1 saturated heterocycles. The maximum atomic E-state index is 12.4. The van der Waals surface area contributed by atoms with Gasteiger partial charge in [0, 0.05) is 25.2 Å². The fourth-order valence-corrected chi connectivity index (χ4v) is 2.87. The maximum Gasteiger partial charge on any atom is 0.240 e. The molecule has 0 radical (unpaired) electrons. The van der Waals surface area contributed by atoms with Gasteiger partial charge in [-0.3, -0.25) is 4.79 Å². The Hall–Kier alpha value is -1.10. The summed E-state index contributed by atoms with van der Waals surface area (Å²) in [7, 11) is 0. The zero-order valence-corrected chi connectivity index (χ0v) is 14.5. The number of carbonyl (C=O) groups excluding carboxylic acids is 1. The summed E-state index contributed by atoms with van der Waals surface area (Å²) in [6.45, 7) is 8.08. The molecule has 1 fully saturated rings. The first-order chi connectivity index (χ1) is 9.85. The van der Waals surface area contributed by atoms with Gasteiger partial charge < -0.3 is 15.8 Å². The SMILES string of the molecule is Cc1ccccc1C(C)(C)CNC(=O)C1(N)CCOCC1.Cl. The van der Waals surface area contributed by atoms with E-state index in [2.05, 4.69) is 38.2 Å². The Bertz CT molecular complexity index is 511. The van der Waals surface area contributed by atoms with Crippen LogP contribution < -0.4 is 11.1 Å². The number of halogens is 1. The molecule has 22 heavy (non-hydrogen) atoms. The highest BCUT2D eigenvalue weighted by Crippen LogP contribution is 2.26. The number of ether oxygens (including phenoxy) is 1. The molecule has 1 aromatic rings. The van der Waals surface area contributed by atoms with Crippen LogP contribution in [0, 0.1) is 6.92 Å². The molecule has 0 atom stereocenters. The zero-order valence-electron chi connectivity index (χ0n) is 13.6. The van der Waals surface area contributed by atoms with Crippen molar-refractivity contribution in [1.29, 1.82) is 0 Å². The summed E-state index contributed by atoms with van der Waals surface area (Å²) in [4.78, 5) is 12.4. The molecule has 1 amide bonds. The highest BCUT2D eigenvalue weighted by atomic mass is 35.5. The van der Waals surface area contributed by atoms with Crippen LogP contribution in [0.15, 0.2) is 24.3 Å². The molecule has 0 aliphatic carbocycles. The molecule has 1 heterocycles. The Morgan fingerprint density at radius 1 is 1.32 bits per heavy atom. The van der Waals surface area contributed by atoms with E-state index in [-0.39, 0.29) is 23.7 Å². The van der Waals surface area contributed by atoms with Crippen molar-refractivity contribution < 1.29 is 9.53 Å². The number of carbonyl (C=O) groups is 1. The Morgan fingerprint density at radius 2 is 1.91 bits per heavy atom. The van der Waals surface area contributed by atoms with Gasteiger partial charge in [0.1, 0.15) is 0 Å². The topological polar surface area (TPSA) is 64.4 Å². The van der Waals surface area contributed by atoms with Gasteiger partial charge in [-0.15, -0.1) is 12.4 Å². The lowest BCUT2D eigenvalue weighted by molar-refractivity contribution is -0.130. The van der Waals surface area contributed by atoms with Gasteiger partial charge in [-0.25, -0.2) is 0 Å². The van der Waals surface area contributed by atoms with Crippen molar-refractivity contribution in [3.05, 3.63) is 35.4 Å². The van der Waals surface area contributed by atoms with Crippen LogP contribution in [0.25, 0.3) is 0 Å². The molecule has 124 valence electrons. The molecule has 5 heteroatoms. The number of nitrogens with two attached hydrogens (primary N) is 1. The van der Waals surface area contributed by atoms with Gasteiger partial charge in [0.25, 0.3) is 0 Å². The number of hydrogen-bond acceptors (Lipinski definition) is 3. The van der Waals surface area contributed by atoms with Gasteiger partial charge in [-0.2, -0.15) is 0 Å². The minimum atomic E-state index is -0.778. The Labute approximate surface area is 139 Å². The third-order valence-electron chi connectivity index (χ3n) is 4.40. The normalized spacial score (nSPS) is 17.5. The van der Waals surface area contributed by atoms with Crippen LogP contribution in [0.3, 0.4) is 0 Å². The molecule has 0 spiro atoms. The van der Waals surface area contributed by atoms with Gasteiger partial charge in [0.05, 0.1) is 5.54 Å². The van der Waals surface area contributed by atoms with Crippen LogP contribution in [0.2, 0.25) is 0 Å². The predicted octanol–water partition coefficient (Wildman–Crippen LogP) is 2.32. The molecular formula is C17H27ClN2O2. The number of hydrogen-bond donors (Lipinski definition) is 2. The second-order valence-electron chi connectivity index (χ2n) is 6.65. The molecule has 0 unspecified atom stereocenters. The summed E-state index contributed by atoms with van der Waals surface area (Å²) in [6.07, 6.45) is 1.17. The fourth-order valence-electron chi connectivity index (χ4n) is 2.87. The van der Waals surface area contributed by atoms with Crippen LogP contribution >= 0.6 is 12.4 Å². The van der Waals surface area contributed by atoms with Crippen LogP contribution in [0.4, 0.5) is 0 Å². The van der Waals surface area contributed by atoms with E-state index < -0.39 is 5.54 Å². The van der Waals surface area contributed by atoms with Gasteiger partial charge in [0.2, 0.25) is 5.91 Å². The fraction of sp³-hybridized carbons (Fsp3) is 0.588. The molecule has 0 bridgehead atoms. The molecule has 3 N–H and O–H groups in total. The lowest BCUT2D eigenvalue weighted by atomic mass is 9.81. The number of amides is 1. The van der Waals surface area contributed by atoms with E-state index in [0.717, 1.165) is 0 Å². The summed E-state index contributed by atoms with van der Waals surface area (Å²) < 4.78 is 5.29. The first kappa shape index (κ1) is 18.9. The number of aryl methyl sites for hydroxylation is 1. The number of nitrogens with one attached hydrogen (secondary N) is 1. The average molecular weight is 327 g/mol. The Kier molecular flexibility index (Phi) is 6.41. The summed E-state index contributed by atoms with van der Waals surface area (Å²) in [5.41, 5.74) is 7.80. The minimum Gasteiger partial charge on any atom is -0.381 e. The average Bonchev–Trinajstić information content (AvgIpc) is 2.46. The van der Waals surface area contributed by atoms with Crippen molar-refractivity contribution >= 4 is 18.3 Å². The van der Waals surface area contributed by atoms with E-state index in [1.54, 1.807) is 0 Å². The van der Waals surface area contributed by atoms with Crippen LogP contribution in [-0.2, 0) is 14.9 Å². The molecule has 2 rings (SSSR count). The van der Waals surface area contributed by atoms with E-state index in [1.165, 1.54) is 11.1 Å². The van der Waals surface area contributed by atoms with E-state index in [4.69, 9.17) is 10.5 Å². The van der Waals surface area contributed by atoms with E-state index in [9.17, 15) is 4.79 Å². The lowest BCUT2D eigenvalue weighted by Gasteiger charge is -2.34. The highest BCUT2D eigenvalue weighted by Gasteiger charge is 2.36. The van der Waals surface area contributed by atoms with Gasteiger partial charge >= 0.3 is 0 Å². The van der Waals surface area contributed by atoms with Crippen LogP contribution in [-0.4, -0.2) is 31.2 Å². The van der Waals surface area contributed by atoms with Crippen molar-refractivity contribution in [3.63, 3.8) is 0 Å². The van der Waals surface area contributed by atoms with Crippen molar-refractivity contribution in [2.45, 2.75) is 44.6 Å². The molecule has 1 aromatic carbocycles. The van der Waals surface area contributed by atoms with E-state index in [1.807, 2.05) is 12.1 Å². The first-order valence-corrected chi connectivity index (χ1v) is 7.56. The van der Waals surface area contributed by atoms with Crippen LogP contribution in [0.5, 0.6) is 0 Å². The quantitative estimate of drug-likeness (QED) is 0.892. The third-order valence-corrected chi connectivity index (χ3v) is 4.40. The predicted molar refractivity (Wildman–Crippen MR) is 91.4 cm³/mol. The van der Waals surface area contributed by atoms with E-state index >= 15 is 0 Å². The summed E-state index contributed by atoms with van der Waals surface area (Å²) >= 11 is 0. The van der Waals surface area contributed by atoms with Crippen molar-refractivity contribution in [2.75, 3.05) is 19.8 Å². The summed E-state index contributed by atoms with van der Waals surface area (Å²) in [5.74, 6) is -0.0625. The van der Waals surface area contributed by atoms with Crippen molar-refractivity contribution in [3.8, 4) is 0 Å². The second-order valence-corrected chi connectivity index (χ2v) is 6.65. The Morgan fingerprint density at radius 3 is 2.50 bits per heavy atom. The van der Waals surface area contributed by atoms with Crippen molar-refractivity contribution in [2.24, 2.45) is 5.73 Å². The Balaban J connectivity index is 0.00000242. The molecule has 4 nitrogen and oxygen atoms in total. The van der Waals surface area contributed by atoms with Gasteiger partial charge in [-0.1, -0.05) is 38.1 Å². The minimum absolute atomic E-state index is 0. The van der Waals surface area contributed by atoms with Crippen molar-refractivity contribution in [1.82, 2.24) is 5.32 Å². The molecule has 0 aromatic heterocycles. The standard InChI is InChI=1S/C17H26N2O2.ClH/c1-13-6-4-5-7-14(13)16(2,3)12-19-15(20)17(18)8-10-21-11-9-17;/h4-7H,8-12,18H2,1-3H3,(H,19,20);1H. The lowest BCUT2D eigenvalue weighted by Crippen LogP contribution is -2.58. The van der Waals surface area contributed by atoms with E-state index in [0.29, 0.717) is 32.6 Å². The third kappa shape index (κ3) is 4.22. The molecule has 0 saturated carbocycles. The molecule has 1 aliphatic heterocycles. The molecule has 1 aliphatic rings. The number of rotatable bonds is 4. The highest BCUT2D eigenvalue weighted by molar-refractivity contribution is 5.86. The monoisotopic (exact) mass is 326 g/mol. The largest absolute Gasteiger partial charge is 0.381 e. The first-order valence-electron chi connectivity index (χ1n) is 7.56.